The Kier molecular flexibility index (Phi) is 9.53. The van der Waals surface area contributed by atoms with E-state index in [1.807, 2.05) is 7.05 Å². The summed E-state index contributed by atoms with van der Waals surface area (Å²) in [6, 6.07) is 8.76. The van der Waals surface area contributed by atoms with Crippen molar-refractivity contribution < 1.29 is 4.74 Å². The lowest BCUT2D eigenvalue weighted by molar-refractivity contribution is 0.180. The summed E-state index contributed by atoms with van der Waals surface area (Å²) in [6.45, 7) is 11.2. The smallest absolute Gasteiger partial charge is 0.191 e. The predicted octanol–water partition coefficient (Wildman–Crippen LogP) is 2.41. The molecule has 0 atom stereocenters. The van der Waals surface area contributed by atoms with E-state index >= 15 is 0 Å². The minimum atomic E-state index is 0.0439. The Hall–Kier alpha value is -1.59. The first-order valence-electron chi connectivity index (χ1n) is 9.08. The van der Waals surface area contributed by atoms with Crippen LogP contribution in [-0.4, -0.2) is 64.9 Å². The predicted molar refractivity (Wildman–Crippen MR) is 108 cm³/mol. The lowest BCUT2D eigenvalue weighted by Crippen LogP contribution is -2.45. The third-order valence-corrected chi connectivity index (χ3v) is 4.43. The van der Waals surface area contributed by atoms with Crippen LogP contribution in [0.15, 0.2) is 29.3 Å². The maximum atomic E-state index is 5.09. The molecule has 5 nitrogen and oxygen atoms in total. The largest absolute Gasteiger partial charge is 0.385 e. The van der Waals surface area contributed by atoms with Crippen molar-refractivity contribution in [1.29, 1.82) is 0 Å². The molecular weight excluding hydrogens is 312 g/mol. The van der Waals surface area contributed by atoms with E-state index in [0.717, 1.165) is 45.2 Å². The third kappa shape index (κ3) is 8.36. The first-order valence-corrected chi connectivity index (χ1v) is 9.08. The normalized spacial score (nSPS) is 12.5. The van der Waals surface area contributed by atoms with E-state index < -0.39 is 0 Å². The lowest BCUT2D eigenvalue weighted by Gasteiger charge is -2.27. The average molecular weight is 349 g/mol. The summed E-state index contributed by atoms with van der Waals surface area (Å²) in [5, 5.41) is 6.84. The quantitative estimate of drug-likeness (QED) is 0.387. The number of guanidine groups is 1. The summed E-state index contributed by atoms with van der Waals surface area (Å²) in [5.74, 6) is 0.852. The Morgan fingerprint density at radius 3 is 2.44 bits per heavy atom. The molecule has 1 aromatic rings. The number of nitrogens with one attached hydrogen (secondary N) is 2. The Labute approximate surface area is 153 Å². The van der Waals surface area contributed by atoms with Gasteiger partial charge in [0.15, 0.2) is 5.96 Å². The summed E-state index contributed by atoms with van der Waals surface area (Å²) >= 11 is 0. The van der Waals surface area contributed by atoms with Crippen LogP contribution in [-0.2, 0) is 10.2 Å². The van der Waals surface area contributed by atoms with Crippen molar-refractivity contribution >= 4 is 5.96 Å². The zero-order valence-electron chi connectivity index (χ0n) is 16.9. The van der Waals surface area contributed by atoms with Gasteiger partial charge in [-0.05, 0) is 26.0 Å². The molecule has 0 aliphatic carbocycles. The van der Waals surface area contributed by atoms with E-state index in [1.54, 1.807) is 7.11 Å². The molecular formula is C20H36N4O. The van der Waals surface area contributed by atoms with Gasteiger partial charge >= 0.3 is 0 Å². The third-order valence-electron chi connectivity index (χ3n) is 4.43. The molecule has 0 amide bonds. The molecule has 0 bridgehead atoms. The molecule has 0 aromatic heterocycles. The summed E-state index contributed by atoms with van der Waals surface area (Å²) < 4.78 is 5.09. The second-order valence-corrected chi connectivity index (χ2v) is 7.25. The molecule has 142 valence electrons. The zero-order chi connectivity index (χ0) is 18.7. The number of rotatable bonds is 10. The van der Waals surface area contributed by atoms with Gasteiger partial charge in [0.2, 0.25) is 0 Å². The van der Waals surface area contributed by atoms with E-state index in [2.05, 4.69) is 72.6 Å². The number of benzene rings is 1. The van der Waals surface area contributed by atoms with Gasteiger partial charge < -0.3 is 20.3 Å². The van der Waals surface area contributed by atoms with Gasteiger partial charge in [-0.2, -0.15) is 0 Å². The highest BCUT2D eigenvalue weighted by molar-refractivity contribution is 5.79. The van der Waals surface area contributed by atoms with Gasteiger partial charge in [0.05, 0.1) is 0 Å². The summed E-state index contributed by atoms with van der Waals surface area (Å²) in [4.78, 5) is 6.63. The summed E-state index contributed by atoms with van der Waals surface area (Å²) in [6.07, 6.45) is 1.06. The fourth-order valence-electron chi connectivity index (χ4n) is 2.59. The van der Waals surface area contributed by atoms with Gasteiger partial charge in [-0.3, -0.25) is 4.99 Å². The molecule has 1 rings (SSSR count). The van der Waals surface area contributed by atoms with Crippen molar-refractivity contribution in [1.82, 2.24) is 15.5 Å². The highest BCUT2D eigenvalue weighted by Crippen LogP contribution is 2.22. The molecule has 2 N–H and O–H groups in total. The number of ether oxygens (including phenoxy) is 1. The zero-order valence-corrected chi connectivity index (χ0v) is 16.9. The Morgan fingerprint density at radius 2 is 1.84 bits per heavy atom. The van der Waals surface area contributed by atoms with Gasteiger partial charge in [-0.1, -0.05) is 43.7 Å². The number of hydrogen-bond donors (Lipinski definition) is 2. The highest BCUT2D eigenvalue weighted by atomic mass is 16.5. The van der Waals surface area contributed by atoms with E-state index in [1.165, 1.54) is 11.1 Å². The molecule has 0 saturated heterocycles. The Balaban J connectivity index is 2.37. The van der Waals surface area contributed by atoms with Gasteiger partial charge in [0.1, 0.15) is 0 Å². The van der Waals surface area contributed by atoms with Gasteiger partial charge in [-0.15, -0.1) is 0 Å². The van der Waals surface area contributed by atoms with Gasteiger partial charge in [0, 0.05) is 52.4 Å². The maximum absolute atomic E-state index is 5.09. The van der Waals surface area contributed by atoms with Crippen LogP contribution in [0.5, 0.6) is 0 Å². The van der Waals surface area contributed by atoms with Crippen molar-refractivity contribution in [2.45, 2.75) is 32.6 Å². The van der Waals surface area contributed by atoms with Crippen LogP contribution < -0.4 is 10.6 Å². The Bertz CT molecular complexity index is 511. The van der Waals surface area contributed by atoms with E-state index in [0.29, 0.717) is 0 Å². The molecule has 0 aliphatic heterocycles. The molecule has 25 heavy (non-hydrogen) atoms. The topological polar surface area (TPSA) is 48.9 Å². The minimum Gasteiger partial charge on any atom is -0.385 e. The average Bonchev–Trinajstić information content (AvgIpc) is 2.58. The molecule has 0 saturated carbocycles. The van der Waals surface area contributed by atoms with Crippen LogP contribution in [0, 0.1) is 6.92 Å². The molecule has 0 unspecified atom stereocenters. The van der Waals surface area contributed by atoms with Crippen LogP contribution >= 0.6 is 0 Å². The molecule has 0 radical (unpaired) electrons. The number of hydrogen-bond acceptors (Lipinski definition) is 3. The van der Waals surface area contributed by atoms with Crippen molar-refractivity contribution in [3.8, 4) is 0 Å². The van der Waals surface area contributed by atoms with Gasteiger partial charge in [-0.25, -0.2) is 0 Å². The summed E-state index contributed by atoms with van der Waals surface area (Å²) in [7, 11) is 5.69. The number of aliphatic imine (C=N–C) groups is 1. The molecule has 0 fully saturated rings. The summed E-state index contributed by atoms with van der Waals surface area (Å²) in [5.41, 5.74) is 2.67. The molecule has 0 spiro atoms. The lowest BCUT2D eigenvalue weighted by atomic mass is 9.84. The van der Waals surface area contributed by atoms with Crippen molar-refractivity contribution in [2.75, 3.05) is 54.0 Å². The Morgan fingerprint density at radius 1 is 1.16 bits per heavy atom. The molecule has 0 heterocycles. The monoisotopic (exact) mass is 348 g/mol. The van der Waals surface area contributed by atoms with E-state index in [-0.39, 0.29) is 5.41 Å². The van der Waals surface area contributed by atoms with Gasteiger partial charge in [0.25, 0.3) is 0 Å². The second kappa shape index (κ2) is 11.1. The van der Waals surface area contributed by atoms with Crippen molar-refractivity contribution in [3.05, 3.63) is 35.4 Å². The fraction of sp³-hybridized carbons (Fsp3) is 0.650. The number of aryl methyl sites for hydroxylation is 1. The van der Waals surface area contributed by atoms with Crippen LogP contribution in [0.25, 0.3) is 0 Å². The standard InChI is InChI=1S/C20H36N4O/c1-17-8-10-18(11-9-17)20(2,3)16-23-19(21-4)22-12-14-24(5)13-7-15-25-6/h8-11H,7,12-16H2,1-6H3,(H2,21,22,23). The van der Waals surface area contributed by atoms with Crippen LogP contribution in [0.2, 0.25) is 0 Å². The molecule has 5 heteroatoms. The maximum Gasteiger partial charge on any atom is 0.191 e. The van der Waals surface area contributed by atoms with Crippen LogP contribution in [0.4, 0.5) is 0 Å². The van der Waals surface area contributed by atoms with Crippen LogP contribution in [0.1, 0.15) is 31.4 Å². The SMILES string of the molecule is CN=C(NCCN(C)CCCOC)NCC(C)(C)c1ccc(C)cc1. The number of likely N-dealkylation sites (N-methyl/N-ethyl adjacent to an activating group) is 1. The van der Waals surface area contributed by atoms with Crippen molar-refractivity contribution in [3.63, 3.8) is 0 Å². The second-order valence-electron chi connectivity index (χ2n) is 7.25. The number of methoxy groups -OCH3 is 1. The molecule has 0 aliphatic rings. The minimum absolute atomic E-state index is 0.0439. The van der Waals surface area contributed by atoms with E-state index in [9.17, 15) is 0 Å². The molecule has 1 aromatic carbocycles. The van der Waals surface area contributed by atoms with Crippen molar-refractivity contribution in [2.24, 2.45) is 4.99 Å². The first kappa shape index (κ1) is 21.5. The first-order chi connectivity index (χ1) is 11.9. The highest BCUT2D eigenvalue weighted by Gasteiger charge is 2.20. The number of nitrogens with zero attached hydrogens (tertiary/aromatic N) is 2. The van der Waals surface area contributed by atoms with E-state index in [4.69, 9.17) is 4.74 Å². The fourth-order valence-corrected chi connectivity index (χ4v) is 2.59. The van der Waals surface area contributed by atoms with Crippen LogP contribution in [0.3, 0.4) is 0 Å².